The molecule has 1 nitrogen and oxygen atoms in total. The zero-order chi connectivity index (χ0) is 15.5. The van der Waals surface area contributed by atoms with Crippen LogP contribution in [-0.4, -0.2) is 4.57 Å². The summed E-state index contributed by atoms with van der Waals surface area (Å²) in [6, 6.07) is 23.4. The fourth-order valence-corrected chi connectivity index (χ4v) is 2.76. The van der Waals surface area contributed by atoms with E-state index in [1.54, 1.807) is 0 Å². The van der Waals surface area contributed by atoms with E-state index >= 15 is 0 Å². The third-order valence-corrected chi connectivity index (χ3v) is 3.86. The number of aryl methyl sites for hydroxylation is 3. The van der Waals surface area contributed by atoms with Gasteiger partial charge >= 0.3 is 25.8 Å². The molecule has 0 radical (unpaired) electrons. The van der Waals surface area contributed by atoms with Crippen molar-refractivity contribution in [2.45, 2.75) is 20.8 Å². The summed E-state index contributed by atoms with van der Waals surface area (Å²) in [5.74, 6) is 0. The second-order valence-electron chi connectivity index (χ2n) is 5.83. The van der Waals surface area contributed by atoms with Crippen LogP contribution in [-0.2, 0) is 25.8 Å². The summed E-state index contributed by atoms with van der Waals surface area (Å²) in [6.45, 7) is 6.36. The minimum absolute atomic E-state index is 0. The van der Waals surface area contributed by atoms with Crippen molar-refractivity contribution in [1.82, 2.24) is 4.57 Å². The second kappa shape index (κ2) is 10.8. The van der Waals surface area contributed by atoms with Crippen molar-refractivity contribution in [2.24, 2.45) is 0 Å². The molecule has 0 saturated heterocycles. The first kappa shape index (κ1) is 23.9. The first-order chi connectivity index (χ1) is 10.6. The van der Waals surface area contributed by atoms with Crippen molar-refractivity contribution in [3.8, 4) is 5.69 Å². The molecule has 0 aliphatic carbocycles. The summed E-state index contributed by atoms with van der Waals surface area (Å²) in [7, 11) is 0. The molecule has 0 amide bonds. The van der Waals surface area contributed by atoms with E-state index in [-0.39, 0.29) is 50.7 Å². The normalized spacial score (nSPS) is 9.24. The maximum absolute atomic E-state index is 2.25. The topological polar surface area (TPSA) is 4.93 Å². The van der Waals surface area contributed by atoms with Crippen molar-refractivity contribution < 1.29 is 50.7 Å². The number of halogens is 2. The van der Waals surface area contributed by atoms with Gasteiger partial charge < -0.3 is 29.4 Å². The van der Waals surface area contributed by atoms with Gasteiger partial charge in [0.05, 0.1) is 0 Å². The van der Waals surface area contributed by atoms with E-state index < -0.39 is 0 Å². The molecule has 25 heavy (non-hydrogen) atoms. The first-order valence-corrected chi connectivity index (χ1v) is 7.63. The van der Waals surface area contributed by atoms with E-state index in [9.17, 15) is 0 Å². The van der Waals surface area contributed by atoms with E-state index in [1.807, 2.05) is 12.1 Å². The summed E-state index contributed by atoms with van der Waals surface area (Å²) in [5, 5.41) is 2.62. The Labute approximate surface area is 181 Å². The quantitative estimate of drug-likeness (QED) is 0.232. The molecular formula is C21H21Cl2HfN. The summed E-state index contributed by atoms with van der Waals surface area (Å²) in [5.41, 5.74) is 5.19. The number of aromatic nitrogens is 1. The van der Waals surface area contributed by atoms with Crippen LogP contribution in [0.25, 0.3) is 16.5 Å². The molecule has 0 bridgehead atoms. The van der Waals surface area contributed by atoms with E-state index in [2.05, 4.69) is 86.1 Å². The Morgan fingerprint density at radius 1 is 0.920 bits per heavy atom. The number of benzene rings is 1. The van der Waals surface area contributed by atoms with Gasteiger partial charge in [0.2, 0.25) is 0 Å². The molecule has 4 aromatic rings. The van der Waals surface area contributed by atoms with Crippen LogP contribution >= 0.6 is 0 Å². The molecule has 4 rings (SSSR count). The molecule has 1 aromatic heterocycles. The van der Waals surface area contributed by atoms with Crippen LogP contribution in [0.2, 0.25) is 0 Å². The Hall–Kier alpha value is -1.09. The maximum Gasteiger partial charge on any atom is 4.00 e. The van der Waals surface area contributed by atoms with E-state index in [1.165, 1.54) is 33.3 Å². The Balaban J connectivity index is 0.000000556. The number of hydrogen-bond acceptors (Lipinski definition) is 0. The number of hydrogen-bond donors (Lipinski definition) is 0. The van der Waals surface area contributed by atoms with Crippen molar-refractivity contribution in [2.75, 3.05) is 0 Å². The van der Waals surface area contributed by atoms with E-state index in [0.717, 1.165) is 0 Å². The van der Waals surface area contributed by atoms with Crippen molar-refractivity contribution in [3.63, 3.8) is 0 Å². The number of rotatable bonds is 1. The van der Waals surface area contributed by atoms with Gasteiger partial charge in [-0.05, 0) is 31.2 Å². The summed E-state index contributed by atoms with van der Waals surface area (Å²) in [6.07, 6.45) is 2.18. The van der Waals surface area contributed by atoms with Gasteiger partial charge in [-0.25, -0.2) is 12.1 Å². The zero-order valence-electron chi connectivity index (χ0n) is 14.6. The van der Waals surface area contributed by atoms with Gasteiger partial charge in [0.15, 0.2) is 0 Å². The van der Waals surface area contributed by atoms with Gasteiger partial charge in [-0.2, -0.15) is 17.7 Å². The van der Waals surface area contributed by atoms with E-state index in [4.69, 9.17) is 0 Å². The fourth-order valence-electron chi connectivity index (χ4n) is 2.76. The van der Waals surface area contributed by atoms with E-state index in [0.29, 0.717) is 0 Å². The molecule has 0 aliphatic rings. The Kier molecular flexibility index (Phi) is 10.3. The van der Waals surface area contributed by atoms with Gasteiger partial charge in [0.1, 0.15) is 0 Å². The molecular weight excluding hydrogens is 516 g/mol. The molecule has 3 aromatic carbocycles. The Morgan fingerprint density at radius 3 is 2.04 bits per heavy atom. The Morgan fingerprint density at radius 2 is 1.56 bits per heavy atom. The predicted octanol–water partition coefficient (Wildman–Crippen LogP) is -0.314. The van der Waals surface area contributed by atoms with Crippen LogP contribution in [0.4, 0.5) is 0 Å². The molecule has 128 valence electrons. The second-order valence-corrected chi connectivity index (χ2v) is 5.83. The SMILES string of the molecule is C[c-]1cccc1.Cc1cc(C)n(-c2cc3ccccc3[cH-]2)c1.[Cl-].[Cl-].[Hf+4]. The van der Waals surface area contributed by atoms with Crippen LogP contribution in [0.5, 0.6) is 0 Å². The summed E-state index contributed by atoms with van der Waals surface area (Å²) in [4.78, 5) is 0. The van der Waals surface area contributed by atoms with Crippen LogP contribution in [0.15, 0.2) is 72.9 Å². The third kappa shape index (κ3) is 5.99. The average Bonchev–Trinajstić information content (AvgIpc) is 3.19. The molecule has 0 saturated carbocycles. The standard InChI is InChI=1S/C15H14N.C6H7.2ClH.Hf/c1-11-7-12(2)16(10-11)15-8-13-5-3-4-6-14(13)9-15;1-6-4-2-3-5-6;;;/h3-10H,1-2H3;2-5H,1H3;2*1H;/q2*-1;;;+4/p-2. The molecule has 0 fully saturated rings. The summed E-state index contributed by atoms with van der Waals surface area (Å²) >= 11 is 0. The fraction of sp³-hybridized carbons (Fsp3) is 0.143. The number of nitrogens with zero attached hydrogens (tertiary/aromatic N) is 1. The van der Waals surface area contributed by atoms with Gasteiger partial charge in [-0.1, -0.05) is 13.0 Å². The zero-order valence-corrected chi connectivity index (χ0v) is 19.7. The first-order valence-electron chi connectivity index (χ1n) is 7.63. The van der Waals surface area contributed by atoms with Crippen LogP contribution in [0.3, 0.4) is 0 Å². The van der Waals surface area contributed by atoms with Gasteiger partial charge in [0.25, 0.3) is 0 Å². The smallest absolute Gasteiger partial charge is 1.00 e. The van der Waals surface area contributed by atoms with Crippen molar-refractivity contribution >= 4 is 10.8 Å². The minimum atomic E-state index is 0. The van der Waals surface area contributed by atoms with Gasteiger partial charge in [-0.15, -0.1) is 41.1 Å². The predicted molar refractivity (Wildman–Crippen MR) is 95.1 cm³/mol. The molecule has 0 unspecified atom stereocenters. The molecule has 0 aliphatic heterocycles. The molecule has 1 heterocycles. The Bertz CT molecular complexity index is 839. The monoisotopic (exact) mass is 537 g/mol. The van der Waals surface area contributed by atoms with Crippen LogP contribution in [0.1, 0.15) is 16.8 Å². The number of fused-ring (bicyclic) bond motifs is 1. The van der Waals surface area contributed by atoms with Crippen LogP contribution < -0.4 is 24.8 Å². The maximum atomic E-state index is 2.25. The summed E-state index contributed by atoms with van der Waals surface area (Å²) < 4.78 is 2.25. The van der Waals surface area contributed by atoms with Crippen molar-refractivity contribution in [1.29, 1.82) is 0 Å². The molecule has 4 heteroatoms. The van der Waals surface area contributed by atoms with Gasteiger partial charge in [0, 0.05) is 11.9 Å². The molecule has 0 atom stereocenters. The minimum Gasteiger partial charge on any atom is -1.00 e. The average molecular weight is 537 g/mol. The van der Waals surface area contributed by atoms with Crippen LogP contribution in [0, 0.1) is 20.8 Å². The molecule has 0 spiro atoms. The third-order valence-electron chi connectivity index (χ3n) is 3.86. The van der Waals surface area contributed by atoms with Crippen molar-refractivity contribution in [3.05, 3.63) is 89.7 Å². The largest absolute Gasteiger partial charge is 4.00 e. The molecule has 0 N–H and O–H groups in total. The van der Waals surface area contributed by atoms with Gasteiger partial charge in [-0.3, -0.25) is 0 Å².